The molecule has 0 bridgehead atoms. The van der Waals surface area contributed by atoms with Gasteiger partial charge in [-0.2, -0.15) is 0 Å². The van der Waals surface area contributed by atoms with Crippen molar-refractivity contribution in [3.8, 4) is 0 Å². The summed E-state index contributed by atoms with van der Waals surface area (Å²) in [5.74, 6) is -0.482. The first-order valence-corrected chi connectivity index (χ1v) is 6.35. The fraction of sp³-hybridized carbons (Fsp3) is 0.500. The van der Waals surface area contributed by atoms with Crippen LogP contribution in [0.4, 0.5) is 14.9 Å². The van der Waals surface area contributed by atoms with Gasteiger partial charge in [-0.3, -0.25) is 5.32 Å². The second-order valence-electron chi connectivity index (χ2n) is 5.43. The second-order valence-corrected chi connectivity index (χ2v) is 5.43. The number of rotatable bonds is 4. The third-order valence-electron chi connectivity index (χ3n) is 2.41. The second kappa shape index (κ2) is 6.67. The molecule has 0 aliphatic heterocycles. The van der Waals surface area contributed by atoms with Crippen LogP contribution in [0.15, 0.2) is 18.2 Å². The lowest BCUT2D eigenvalue weighted by molar-refractivity contribution is 0.0635. The van der Waals surface area contributed by atoms with Gasteiger partial charge in [-0.1, -0.05) is 0 Å². The maximum atomic E-state index is 13.3. The molecule has 0 fully saturated rings. The third kappa shape index (κ3) is 5.14. The molecule has 0 saturated heterocycles. The molecule has 1 rings (SSSR count). The van der Waals surface area contributed by atoms with Crippen molar-refractivity contribution in [1.82, 2.24) is 5.32 Å². The van der Waals surface area contributed by atoms with Crippen molar-refractivity contribution in [2.45, 2.75) is 32.5 Å². The molecule has 5 nitrogen and oxygen atoms in total. The van der Waals surface area contributed by atoms with Gasteiger partial charge < -0.3 is 15.2 Å². The fourth-order valence-corrected chi connectivity index (χ4v) is 1.64. The number of aliphatic hydroxyl groups is 1. The molecule has 0 saturated carbocycles. The van der Waals surface area contributed by atoms with E-state index in [1.54, 1.807) is 27.8 Å². The molecular formula is C14H21FN2O3. The van der Waals surface area contributed by atoms with Crippen LogP contribution in [0.1, 0.15) is 32.4 Å². The van der Waals surface area contributed by atoms with Gasteiger partial charge in [-0.05, 0) is 46.0 Å². The predicted octanol–water partition coefficient (Wildman–Crippen LogP) is 2.43. The molecule has 0 spiro atoms. The van der Waals surface area contributed by atoms with Crippen molar-refractivity contribution in [2.75, 3.05) is 18.9 Å². The largest absolute Gasteiger partial charge is 0.444 e. The van der Waals surface area contributed by atoms with Crippen molar-refractivity contribution < 1.29 is 19.0 Å². The van der Waals surface area contributed by atoms with E-state index < -0.39 is 23.6 Å². The number of aliphatic hydroxyl groups excluding tert-OH is 1. The first-order valence-electron chi connectivity index (χ1n) is 6.35. The Morgan fingerprint density at radius 2 is 2.10 bits per heavy atom. The minimum Gasteiger partial charge on any atom is -0.444 e. The van der Waals surface area contributed by atoms with Crippen LogP contribution in [0.5, 0.6) is 0 Å². The molecule has 112 valence electrons. The molecule has 1 atom stereocenters. The lowest BCUT2D eigenvalue weighted by Gasteiger charge is -2.21. The Labute approximate surface area is 118 Å². The normalized spacial score (nSPS) is 12.9. The summed E-state index contributed by atoms with van der Waals surface area (Å²) in [7, 11) is 1.67. The summed E-state index contributed by atoms with van der Waals surface area (Å²) < 4.78 is 18.4. The van der Waals surface area contributed by atoms with Crippen molar-refractivity contribution in [3.63, 3.8) is 0 Å². The highest BCUT2D eigenvalue weighted by atomic mass is 19.1. The first-order chi connectivity index (χ1) is 9.23. The molecule has 0 radical (unpaired) electrons. The van der Waals surface area contributed by atoms with Crippen LogP contribution < -0.4 is 10.6 Å². The van der Waals surface area contributed by atoms with Gasteiger partial charge in [-0.15, -0.1) is 0 Å². The molecule has 0 aromatic heterocycles. The first kappa shape index (κ1) is 16.4. The molecule has 20 heavy (non-hydrogen) atoms. The lowest BCUT2D eigenvalue weighted by atomic mass is 10.1. The van der Waals surface area contributed by atoms with Crippen LogP contribution in [0.2, 0.25) is 0 Å². The number of carbonyl (C=O) groups is 1. The van der Waals surface area contributed by atoms with E-state index in [9.17, 15) is 14.3 Å². The number of halogens is 1. The smallest absolute Gasteiger partial charge is 0.412 e. The van der Waals surface area contributed by atoms with E-state index in [2.05, 4.69) is 10.6 Å². The van der Waals surface area contributed by atoms with Gasteiger partial charge in [0.15, 0.2) is 0 Å². The van der Waals surface area contributed by atoms with E-state index in [4.69, 9.17) is 4.74 Å². The Morgan fingerprint density at radius 1 is 1.45 bits per heavy atom. The van der Waals surface area contributed by atoms with Crippen LogP contribution in [-0.2, 0) is 4.74 Å². The number of hydrogen-bond acceptors (Lipinski definition) is 4. The standard InChI is InChI=1S/C14H21FN2O3/c1-14(2,3)20-13(19)17-11-6-5-9(15)7-10(11)12(18)8-16-4/h5-7,12,16,18H,8H2,1-4H3,(H,17,19). The van der Waals surface area contributed by atoms with Gasteiger partial charge in [0, 0.05) is 12.1 Å². The summed E-state index contributed by atoms with van der Waals surface area (Å²) >= 11 is 0. The average Bonchev–Trinajstić information content (AvgIpc) is 2.29. The number of nitrogens with one attached hydrogen (secondary N) is 2. The van der Waals surface area contributed by atoms with E-state index in [1.165, 1.54) is 18.2 Å². The predicted molar refractivity (Wildman–Crippen MR) is 75.1 cm³/mol. The van der Waals surface area contributed by atoms with Crippen molar-refractivity contribution >= 4 is 11.8 Å². The highest BCUT2D eigenvalue weighted by Crippen LogP contribution is 2.24. The number of benzene rings is 1. The maximum Gasteiger partial charge on any atom is 0.412 e. The summed E-state index contributed by atoms with van der Waals surface area (Å²) in [4.78, 5) is 11.7. The van der Waals surface area contributed by atoms with E-state index in [0.29, 0.717) is 11.3 Å². The Hall–Kier alpha value is -1.66. The zero-order valence-corrected chi connectivity index (χ0v) is 12.2. The van der Waals surface area contributed by atoms with Gasteiger partial charge in [-0.25, -0.2) is 9.18 Å². The van der Waals surface area contributed by atoms with E-state index in [1.807, 2.05) is 0 Å². The number of anilines is 1. The fourth-order valence-electron chi connectivity index (χ4n) is 1.64. The van der Waals surface area contributed by atoms with Gasteiger partial charge in [0.05, 0.1) is 11.8 Å². The van der Waals surface area contributed by atoms with Gasteiger partial charge >= 0.3 is 6.09 Å². The average molecular weight is 284 g/mol. The zero-order chi connectivity index (χ0) is 15.3. The minimum atomic E-state index is -0.930. The molecule has 0 heterocycles. The van der Waals surface area contributed by atoms with Crippen molar-refractivity contribution in [3.05, 3.63) is 29.6 Å². The summed E-state index contributed by atoms with van der Waals surface area (Å²) in [5, 5.41) is 15.3. The number of likely N-dealkylation sites (N-methyl/N-ethyl adjacent to an activating group) is 1. The lowest BCUT2D eigenvalue weighted by Crippen LogP contribution is -2.28. The molecule has 1 aromatic rings. The minimum absolute atomic E-state index is 0.243. The molecule has 0 aliphatic carbocycles. The van der Waals surface area contributed by atoms with Crippen LogP contribution in [0.25, 0.3) is 0 Å². The highest BCUT2D eigenvalue weighted by molar-refractivity contribution is 5.86. The quantitative estimate of drug-likeness (QED) is 0.794. The number of amides is 1. The van der Waals surface area contributed by atoms with Crippen molar-refractivity contribution in [1.29, 1.82) is 0 Å². The van der Waals surface area contributed by atoms with Gasteiger partial charge in [0.1, 0.15) is 11.4 Å². The van der Waals surface area contributed by atoms with Gasteiger partial charge in [0.25, 0.3) is 0 Å². The SMILES string of the molecule is CNCC(O)c1cc(F)ccc1NC(=O)OC(C)(C)C. The van der Waals surface area contributed by atoms with Crippen LogP contribution in [-0.4, -0.2) is 30.4 Å². The Bertz CT molecular complexity index is 472. The number of carbonyl (C=O) groups excluding carboxylic acids is 1. The van der Waals surface area contributed by atoms with E-state index >= 15 is 0 Å². The molecule has 1 amide bonds. The zero-order valence-electron chi connectivity index (χ0n) is 12.2. The Kier molecular flexibility index (Phi) is 5.47. The third-order valence-corrected chi connectivity index (χ3v) is 2.41. The van der Waals surface area contributed by atoms with E-state index in [-0.39, 0.29) is 6.54 Å². The summed E-state index contributed by atoms with van der Waals surface area (Å²) in [6, 6.07) is 3.80. The van der Waals surface area contributed by atoms with Crippen LogP contribution in [0, 0.1) is 5.82 Å². The topological polar surface area (TPSA) is 70.6 Å². The molecule has 1 unspecified atom stereocenters. The molecule has 3 N–H and O–H groups in total. The van der Waals surface area contributed by atoms with Gasteiger partial charge in [0.2, 0.25) is 0 Å². The Morgan fingerprint density at radius 3 is 2.65 bits per heavy atom. The number of ether oxygens (including phenoxy) is 1. The monoisotopic (exact) mass is 284 g/mol. The highest BCUT2D eigenvalue weighted by Gasteiger charge is 2.19. The molecule has 6 heteroatoms. The maximum absolute atomic E-state index is 13.3. The van der Waals surface area contributed by atoms with Crippen LogP contribution in [0.3, 0.4) is 0 Å². The van der Waals surface area contributed by atoms with Crippen LogP contribution >= 0.6 is 0 Å². The molecule has 0 aliphatic rings. The summed E-state index contributed by atoms with van der Waals surface area (Å²) in [6.45, 7) is 5.47. The van der Waals surface area contributed by atoms with E-state index in [0.717, 1.165) is 0 Å². The molecular weight excluding hydrogens is 263 g/mol. The Balaban J connectivity index is 2.91. The number of hydrogen-bond donors (Lipinski definition) is 3. The summed E-state index contributed by atoms with van der Waals surface area (Å²) in [6.07, 6.45) is -1.58. The summed E-state index contributed by atoms with van der Waals surface area (Å²) in [5.41, 5.74) is -0.0120. The molecule has 1 aromatic carbocycles. The van der Waals surface area contributed by atoms with Crippen molar-refractivity contribution in [2.24, 2.45) is 0 Å².